The molecule has 0 aliphatic carbocycles. The number of nitrogens with zero attached hydrogens (tertiary/aromatic N) is 3. The Balaban J connectivity index is 0.00000210. The summed E-state index contributed by atoms with van der Waals surface area (Å²) in [7, 11) is 1.95. The third kappa shape index (κ3) is 3.95. The van der Waals surface area contributed by atoms with Crippen LogP contribution in [-0.2, 0) is 11.8 Å². The lowest BCUT2D eigenvalue weighted by Crippen LogP contribution is -2.40. The molecule has 8 heteroatoms. The van der Waals surface area contributed by atoms with Crippen LogP contribution in [0.2, 0.25) is 0 Å². The van der Waals surface area contributed by atoms with Gasteiger partial charge < -0.3 is 19.5 Å². The largest absolute Gasteiger partial charge is 0.378 e. The molecule has 1 aliphatic rings. The van der Waals surface area contributed by atoms with E-state index in [-0.39, 0.29) is 18.3 Å². The highest BCUT2D eigenvalue weighted by Gasteiger charge is 2.23. The molecule has 1 amide bonds. The van der Waals surface area contributed by atoms with Gasteiger partial charge in [-0.2, -0.15) is 0 Å². The van der Waals surface area contributed by atoms with Crippen LogP contribution in [0.25, 0.3) is 10.9 Å². The molecule has 1 N–H and O–H groups in total. The molecule has 0 saturated carbocycles. The maximum Gasteiger partial charge on any atom is 0.257 e. The Labute approximate surface area is 172 Å². The second-order valence-corrected chi connectivity index (χ2v) is 7.16. The summed E-state index contributed by atoms with van der Waals surface area (Å²) in [5, 5.41) is 4.27. The predicted octanol–water partition coefficient (Wildman–Crippen LogP) is 3.97. The van der Waals surface area contributed by atoms with E-state index in [1.807, 2.05) is 53.0 Å². The molecule has 0 spiro atoms. The number of pyridine rings is 1. The van der Waals surface area contributed by atoms with E-state index in [2.05, 4.69) is 26.2 Å². The van der Waals surface area contributed by atoms with Crippen molar-refractivity contribution in [3.05, 3.63) is 52.8 Å². The predicted molar refractivity (Wildman–Crippen MR) is 112 cm³/mol. The van der Waals surface area contributed by atoms with Crippen molar-refractivity contribution in [2.45, 2.75) is 0 Å². The lowest BCUT2D eigenvalue weighted by molar-refractivity contribution is 0.0303. The van der Waals surface area contributed by atoms with E-state index in [9.17, 15) is 4.79 Å². The fourth-order valence-corrected chi connectivity index (χ4v) is 3.44. The van der Waals surface area contributed by atoms with Crippen LogP contribution in [0.5, 0.6) is 0 Å². The highest BCUT2D eigenvalue weighted by atomic mass is 79.9. The third-order valence-electron chi connectivity index (χ3n) is 4.54. The van der Waals surface area contributed by atoms with Gasteiger partial charge in [-0.05, 0) is 30.3 Å². The summed E-state index contributed by atoms with van der Waals surface area (Å²) in [6.45, 7) is 2.39. The zero-order valence-corrected chi connectivity index (χ0v) is 17.2. The molecule has 4 rings (SSSR count). The number of anilines is 2. The molecule has 0 radical (unpaired) electrons. The van der Waals surface area contributed by atoms with Gasteiger partial charge in [0, 0.05) is 48.1 Å². The number of rotatable bonds is 3. The van der Waals surface area contributed by atoms with Gasteiger partial charge in [-0.3, -0.25) is 4.79 Å². The maximum absolute atomic E-state index is 13.0. The number of morpholine rings is 1. The molecule has 2 aromatic heterocycles. The standard InChI is InChI=1S/C19H19BrN4O2.ClH/c1-23-7-6-15-17(23)16(19(25)24-8-10-26-11-9-24)12-21-18(15)22-14-4-2-13(20)3-5-14;/h2-7,12H,8-11H2,1H3,(H,21,22);1H. The Bertz CT molecular complexity index is 952. The first-order valence-electron chi connectivity index (χ1n) is 8.47. The third-order valence-corrected chi connectivity index (χ3v) is 5.07. The number of carbonyl (C=O) groups is 1. The lowest BCUT2D eigenvalue weighted by Gasteiger charge is -2.27. The monoisotopic (exact) mass is 450 g/mol. The first-order chi connectivity index (χ1) is 12.6. The van der Waals surface area contributed by atoms with Gasteiger partial charge >= 0.3 is 0 Å². The van der Waals surface area contributed by atoms with Gasteiger partial charge in [-0.25, -0.2) is 4.98 Å². The summed E-state index contributed by atoms with van der Waals surface area (Å²) in [6.07, 6.45) is 3.62. The summed E-state index contributed by atoms with van der Waals surface area (Å²) in [6, 6.07) is 9.89. The minimum atomic E-state index is 0. The molecular weight excluding hydrogens is 432 g/mol. The molecule has 0 unspecified atom stereocenters. The Morgan fingerprint density at radius 1 is 1.19 bits per heavy atom. The summed E-state index contributed by atoms with van der Waals surface area (Å²) < 4.78 is 8.34. The number of ether oxygens (including phenoxy) is 1. The highest BCUT2D eigenvalue weighted by Crippen LogP contribution is 2.29. The molecule has 3 heterocycles. The van der Waals surface area contributed by atoms with Crippen LogP contribution in [0, 0.1) is 0 Å². The van der Waals surface area contributed by atoms with Gasteiger partial charge in [-0.15, -0.1) is 12.4 Å². The van der Waals surface area contributed by atoms with Crippen molar-refractivity contribution in [1.29, 1.82) is 0 Å². The normalized spacial score (nSPS) is 14.1. The van der Waals surface area contributed by atoms with Crippen molar-refractivity contribution in [3.63, 3.8) is 0 Å². The summed E-state index contributed by atoms with van der Waals surface area (Å²) in [5.41, 5.74) is 2.45. The van der Waals surface area contributed by atoms with Gasteiger partial charge in [0.1, 0.15) is 5.82 Å². The van der Waals surface area contributed by atoms with E-state index in [0.29, 0.717) is 31.9 Å². The van der Waals surface area contributed by atoms with Crippen molar-refractivity contribution >= 4 is 56.7 Å². The van der Waals surface area contributed by atoms with E-state index in [1.165, 1.54) is 0 Å². The number of amides is 1. The smallest absolute Gasteiger partial charge is 0.257 e. The topological polar surface area (TPSA) is 59.4 Å². The fourth-order valence-electron chi connectivity index (χ4n) is 3.18. The quantitative estimate of drug-likeness (QED) is 0.654. The van der Waals surface area contributed by atoms with Crippen LogP contribution in [0.1, 0.15) is 10.4 Å². The number of aryl methyl sites for hydroxylation is 1. The average Bonchev–Trinajstić information content (AvgIpc) is 3.06. The highest BCUT2D eigenvalue weighted by molar-refractivity contribution is 9.10. The van der Waals surface area contributed by atoms with Crippen LogP contribution >= 0.6 is 28.3 Å². The van der Waals surface area contributed by atoms with Crippen molar-refractivity contribution in [2.75, 3.05) is 31.6 Å². The van der Waals surface area contributed by atoms with Crippen LogP contribution in [0.4, 0.5) is 11.5 Å². The molecule has 3 aromatic rings. The SMILES string of the molecule is Cl.Cn1ccc2c(Nc3ccc(Br)cc3)ncc(C(=O)N3CCOCC3)c21. The Morgan fingerprint density at radius 3 is 2.59 bits per heavy atom. The molecule has 27 heavy (non-hydrogen) atoms. The Kier molecular flexibility index (Phi) is 6.04. The molecule has 1 aliphatic heterocycles. The summed E-state index contributed by atoms with van der Waals surface area (Å²) in [4.78, 5) is 19.3. The lowest BCUT2D eigenvalue weighted by atomic mass is 10.1. The van der Waals surface area contributed by atoms with Gasteiger partial charge in [0.25, 0.3) is 5.91 Å². The van der Waals surface area contributed by atoms with Crippen LogP contribution in [0.3, 0.4) is 0 Å². The molecule has 0 bridgehead atoms. The summed E-state index contributed by atoms with van der Waals surface area (Å²) in [5.74, 6) is 0.740. The van der Waals surface area contributed by atoms with Crippen molar-refractivity contribution in [3.8, 4) is 0 Å². The van der Waals surface area contributed by atoms with Crippen molar-refractivity contribution < 1.29 is 9.53 Å². The number of halogens is 2. The molecule has 1 aromatic carbocycles. The van der Waals surface area contributed by atoms with Gasteiger partial charge in [0.2, 0.25) is 0 Å². The second-order valence-electron chi connectivity index (χ2n) is 6.25. The van der Waals surface area contributed by atoms with Gasteiger partial charge in [-0.1, -0.05) is 15.9 Å². The number of benzene rings is 1. The van der Waals surface area contributed by atoms with Crippen molar-refractivity contribution in [2.24, 2.45) is 7.05 Å². The Hall–Kier alpha value is -2.09. The van der Waals surface area contributed by atoms with Crippen LogP contribution < -0.4 is 5.32 Å². The number of nitrogens with one attached hydrogen (secondary N) is 1. The van der Waals surface area contributed by atoms with Crippen molar-refractivity contribution in [1.82, 2.24) is 14.5 Å². The zero-order valence-electron chi connectivity index (χ0n) is 14.8. The number of carbonyl (C=O) groups excluding carboxylic acids is 1. The molecule has 6 nitrogen and oxygen atoms in total. The number of hydrogen-bond acceptors (Lipinski definition) is 4. The van der Waals surface area contributed by atoms with E-state index < -0.39 is 0 Å². The molecule has 0 atom stereocenters. The number of aromatic nitrogens is 2. The fraction of sp³-hybridized carbons (Fsp3) is 0.263. The molecular formula is C19H20BrClN4O2. The number of fused-ring (bicyclic) bond motifs is 1. The first-order valence-corrected chi connectivity index (χ1v) is 9.26. The first kappa shape index (κ1) is 19.7. The van der Waals surface area contributed by atoms with E-state index >= 15 is 0 Å². The minimum Gasteiger partial charge on any atom is -0.378 e. The summed E-state index contributed by atoms with van der Waals surface area (Å²) >= 11 is 3.44. The average molecular weight is 452 g/mol. The zero-order chi connectivity index (χ0) is 18.1. The molecule has 1 fully saturated rings. The Morgan fingerprint density at radius 2 is 1.89 bits per heavy atom. The minimum absolute atomic E-state index is 0. The molecule has 142 valence electrons. The number of hydrogen-bond donors (Lipinski definition) is 1. The van der Waals surface area contributed by atoms with Gasteiger partial charge in [0.15, 0.2) is 0 Å². The maximum atomic E-state index is 13.0. The molecule has 1 saturated heterocycles. The van der Waals surface area contributed by atoms with E-state index in [4.69, 9.17) is 4.74 Å². The van der Waals surface area contributed by atoms with E-state index in [1.54, 1.807) is 6.20 Å². The van der Waals surface area contributed by atoms with Crippen LogP contribution in [-0.4, -0.2) is 46.7 Å². The van der Waals surface area contributed by atoms with Gasteiger partial charge in [0.05, 0.1) is 24.3 Å². The van der Waals surface area contributed by atoms with Crippen LogP contribution in [0.15, 0.2) is 47.2 Å². The van der Waals surface area contributed by atoms with E-state index in [0.717, 1.165) is 26.9 Å². The second kappa shape index (κ2) is 8.29.